The molecule has 0 saturated heterocycles. The Balaban J connectivity index is 1.68. The van der Waals surface area contributed by atoms with E-state index in [0.717, 1.165) is 0 Å². The van der Waals surface area contributed by atoms with Crippen molar-refractivity contribution in [3.05, 3.63) is 83.9 Å². The van der Waals surface area contributed by atoms with Crippen molar-refractivity contribution in [2.24, 2.45) is 0 Å². The van der Waals surface area contributed by atoms with Crippen LogP contribution in [0.25, 0.3) is 0 Å². The summed E-state index contributed by atoms with van der Waals surface area (Å²) in [6.45, 7) is 2.34. The zero-order valence-electron chi connectivity index (χ0n) is 17.6. The van der Waals surface area contributed by atoms with E-state index in [-0.39, 0.29) is 16.7 Å². The SMILES string of the molecule is CCOc1ccc(S(=O)(=O)Nc2ccc(C(=O)Nc3cccc(C(=O)NC)c3)cc2)cc1. The maximum absolute atomic E-state index is 12.6. The second-order valence-electron chi connectivity index (χ2n) is 6.70. The van der Waals surface area contributed by atoms with Crippen LogP contribution in [0.15, 0.2) is 77.7 Å². The first-order chi connectivity index (χ1) is 15.3. The van der Waals surface area contributed by atoms with Crippen molar-refractivity contribution < 1.29 is 22.7 Å². The number of carbonyl (C=O) groups excluding carboxylic acids is 2. The largest absolute Gasteiger partial charge is 0.494 e. The third-order valence-corrected chi connectivity index (χ3v) is 5.85. The van der Waals surface area contributed by atoms with Crippen LogP contribution in [-0.4, -0.2) is 33.9 Å². The molecule has 0 heterocycles. The average Bonchev–Trinajstić information content (AvgIpc) is 2.79. The molecule has 0 radical (unpaired) electrons. The van der Waals surface area contributed by atoms with E-state index in [1.54, 1.807) is 36.4 Å². The summed E-state index contributed by atoms with van der Waals surface area (Å²) in [5, 5.41) is 5.24. The number of nitrogens with one attached hydrogen (secondary N) is 3. The Bertz CT molecular complexity index is 1210. The summed E-state index contributed by atoms with van der Waals surface area (Å²) in [6, 6.07) is 18.7. The van der Waals surface area contributed by atoms with Crippen LogP contribution in [0, 0.1) is 0 Å². The molecule has 8 nitrogen and oxygen atoms in total. The van der Waals surface area contributed by atoms with Gasteiger partial charge in [0, 0.05) is 29.5 Å². The van der Waals surface area contributed by atoms with Gasteiger partial charge in [-0.05, 0) is 73.7 Å². The Hall–Kier alpha value is -3.85. The van der Waals surface area contributed by atoms with Crippen LogP contribution in [0.3, 0.4) is 0 Å². The monoisotopic (exact) mass is 453 g/mol. The molecule has 0 unspecified atom stereocenters. The molecule has 0 spiro atoms. The number of sulfonamides is 1. The number of hydrogen-bond acceptors (Lipinski definition) is 5. The minimum atomic E-state index is -3.79. The zero-order valence-corrected chi connectivity index (χ0v) is 18.4. The minimum Gasteiger partial charge on any atom is -0.494 e. The molecule has 32 heavy (non-hydrogen) atoms. The Morgan fingerprint density at radius 3 is 2.16 bits per heavy atom. The molecule has 0 fully saturated rings. The molecule has 9 heteroatoms. The second-order valence-corrected chi connectivity index (χ2v) is 8.38. The molecule has 3 rings (SSSR count). The van der Waals surface area contributed by atoms with E-state index < -0.39 is 10.0 Å². The lowest BCUT2D eigenvalue weighted by molar-refractivity contribution is 0.0961. The highest BCUT2D eigenvalue weighted by Gasteiger charge is 2.15. The molecule has 166 valence electrons. The van der Waals surface area contributed by atoms with Gasteiger partial charge in [-0.1, -0.05) is 6.07 Å². The summed E-state index contributed by atoms with van der Waals surface area (Å²) in [7, 11) is -2.26. The number of anilines is 2. The molecule has 0 aliphatic rings. The predicted octanol–water partition coefficient (Wildman–Crippen LogP) is 3.50. The number of rotatable bonds is 8. The van der Waals surface area contributed by atoms with Gasteiger partial charge in [-0.2, -0.15) is 0 Å². The molecule has 3 aromatic rings. The van der Waals surface area contributed by atoms with Crippen LogP contribution in [-0.2, 0) is 10.0 Å². The summed E-state index contributed by atoms with van der Waals surface area (Å²) in [4.78, 5) is 24.3. The highest BCUT2D eigenvalue weighted by Crippen LogP contribution is 2.20. The lowest BCUT2D eigenvalue weighted by Gasteiger charge is -2.10. The maximum Gasteiger partial charge on any atom is 0.261 e. The lowest BCUT2D eigenvalue weighted by atomic mass is 10.1. The number of ether oxygens (including phenoxy) is 1. The topological polar surface area (TPSA) is 114 Å². The van der Waals surface area contributed by atoms with Gasteiger partial charge >= 0.3 is 0 Å². The van der Waals surface area contributed by atoms with Crippen LogP contribution in [0.4, 0.5) is 11.4 Å². The molecule has 0 saturated carbocycles. The average molecular weight is 454 g/mol. The molecular weight excluding hydrogens is 430 g/mol. The highest BCUT2D eigenvalue weighted by molar-refractivity contribution is 7.92. The maximum atomic E-state index is 12.6. The summed E-state index contributed by atoms with van der Waals surface area (Å²) >= 11 is 0. The van der Waals surface area contributed by atoms with E-state index in [4.69, 9.17) is 4.74 Å². The number of benzene rings is 3. The Morgan fingerprint density at radius 1 is 0.844 bits per heavy atom. The third-order valence-electron chi connectivity index (χ3n) is 4.45. The molecule has 3 N–H and O–H groups in total. The third kappa shape index (κ3) is 5.64. The number of hydrogen-bond donors (Lipinski definition) is 3. The first kappa shape index (κ1) is 22.8. The Kier molecular flexibility index (Phi) is 7.11. The summed E-state index contributed by atoms with van der Waals surface area (Å²) < 4.78 is 33.0. The van der Waals surface area contributed by atoms with Crippen LogP contribution in [0.5, 0.6) is 5.75 Å². The lowest BCUT2D eigenvalue weighted by Crippen LogP contribution is -2.18. The van der Waals surface area contributed by atoms with E-state index in [1.807, 2.05) is 6.92 Å². The molecule has 2 amide bonds. The van der Waals surface area contributed by atoms with Gasteiger partial charge in [0.1, 0.15) is 5.75 Å². The van der Waals surface area contributed by atoms with Crippen LogP contribution < -0.4 is 20.1 Å². The van der Waals surface area contributed by atoms with Crippen molar-refractivity contribution >= 4 is 33.2 Å². The first-order valence-corrected chi connectivity index (χ1v) is 11.3. The van der Waals surface area contributed by atoms with Gasteiger partial charge in [0.15, 0.2) is 0 Å². The van der Waals surface area contributed by atoms with E-state index in [2.05, 4.69) is 15.4 Å². The van der Waals surface area contributed by atoms with E-state index in [1.165, 1.54) is 43.4 Å². The van der Waals surface area contributed by atoms with Crippen molar-refractivity contribution in [1.29, 1.82) is 0 Å². The standard InChI is InChI=1S/C23H23N3O5S/c1-3-31-20-11-13-21(14-12-20)32(29,30)26-18-9-7-16(8-10-18)23(28)25-19-6-4-5-17(15-19)22(27)24-2/h4-15,26H,3H2,1-2H3,(H,24,27)(H,25,28). The van der Waals surface area contributed by atoms with Crippen LogP contribution in [0.2, 0.25) is 0 Å². The zero-order chi connectivity index (χ0) is 23.1. The highest BCUT2D eigenvalue weighted by atomic mass is 32.2. The van der Waals surface area contributed by atoms with E-state index in [9.17, 15) is 18.0 Å². The molecule has 3 aromatic carbocycles. The molecule has 0 aliphatic heterocycles. The molecule has 0 bridgehead atoms. The fraction of sp³-hybridized carbons (Fsp3) is 0.130. The normalized spacial score (nSPS) is 10.8. The van der Waals surface area contributed by atoms with Gasteiger partial charge in [0.05, 0.1) is 11.5 Å². The number of carbonyl (C=O) groups is 2. The molecular formula is C23H23N3O5S. The van der Waals surface area contributed by atoms with Crippen molar-refractivity contribution in [1.82, 2.24) is 5.32 Å². The molecule has 0 aromatic heterocycles. The first-order valence-electron chi connectivity index (χ1n) is 9.81. The van der Waals surface area contributed by atoms with Crippen LogP contribution in [0.1, 0.15) is 27.6 Å². The minimum absolute atomic E-state index is 0.0961. The summed E-state index contributed by atoms with van der Waals surface area (Å²) in [5.74, 6) is -0.0621. The van der Waals surface area contributed by atoms with Gasteiger partial charge in [0.25, 0.3) is 21.8 Å². The summed E-state index contributed by atoms with van der Waals surface area (Å²) in [6.07, 6.45) is 0. The van der Waals surface area contributed by atoms with Gasteiger partial charge in [-0.25, -0.2) is 8.42 Å². The predicted molar refractivity (Wildman–Crippen MR) is 123 cm³/mol. The fourth-order valence-corrected chi connectivity index (χ4v) is 3.93. The Labute approximate surface area is 186 Å². The molecule has 0 atom stereocenters. The molecule has 0 aliphatic carbocycles. The van der Waals surface area contributed by atoms with Gasteiger partial charge in [-0.15, -0.1) is 0 Å². The van der Waals surface area contributed by atoms with E-state index in [0.29, 0.717) is 34.9 Å². The summed E-state index contributed by atoms with van der Waals surface area (Å²) in [5.41, 5.74) is 1.54. The smallest absolute Gasteiger partial charge is 0.261 e. The van der Waals surface area contributed by atoms with Crippen LogP contribution >= 0.6 is 0 Å². The van der Waals surface area contributed by atoms with Crippen molar-refractivity contribution in [3.8, 4) is 5.75 Å². The quantitative estimate of drug-likeness (QED) is 0.483. The van der Waals surface area contributed by atoms with Crippen molar-refractivity contribution in [2.45, 2.75) is 11.8 Å². The fourth-order valence-electron chi connectivity index (χ4n) is 2.87. The van der Waals surface area contributed by atoms with Gasteiger partial charge in [0.2, 0.25) is 0 Å². The van der Waals surface area contributed by atoms with Crippen molar-refractivity contribution in [2.75, 3.05) is 23.7 Å². The van der Waals surface area contributed by atoms with Gasteiger partial charge in [-0.3, -0.25) is 14.3 Å². The second kappa shape index (κ2) is 9.97. The van der Waals surface area contributed by atoms with Crippen molar-refractivity contribution in [3.63, 3.8) is 0 Å². The Morgan fingerprint density at radius 2 is 1.53 bits per heavy atom. The van der Waals surface area contributed by atoms with E-state index >= 15 is 0 Å². The van der Waals surface area contributed by atoms with Gasteiger partial charge < -0.3 is 15.4 Å². The number of amides is 2.